The van der Waals surface area contributed by atoms with Crippen molar-refractivity contribution in [3.63, 3.8) is 0 Å². The Labute approximate surface area is 126 Å². The van der Waals surface area contributed by atoms with Gasteiger partial charge in [0.1, 0.15) is 11.5 Å². The van der Waals surface area contributed by atoms with Gasteiger partial charge in [-0.25, -0.2) is 4.57 Å². The summed E-state index contributed by atoms with van der Waals surface area (Å²) in [6, 6.07) is 12.7. The fourth-order valence-electron chi connectivity index (χ4n) is 1.34. The van der Waals surface area contributed by atoms with E-state index in [0.717, 1.165) is 0 Å². The van der Waals surface area contributed by atoms with Crippen molar-refractivity contribution >= 4 is 31.0 Å². The van der Waals surface area contributed by atoms with Gasteiger partial charge >= 0.3 is 7.82 Å². The highest BCUT2D eigenvalue weighted by Gasteiger charge is 2.28. The fraction of sp³-hybridized carbons (Fsp3) is 0.0769. The van der Waals surface area contributed by atoms with Crippen LogP contribution < -0.4 is 9.05 Å². The molecule has 0 saturated heterocycles. The number of hydrogen-bond donors (Lipinski definition) is 0. The van der Waals surface area contributed by atoms with Gasteiger partial charge in [0.05, 0.1) is 0 Å². The van der Waals surface area contributed by atoms with Gasteiger partial charge in [-0.05, 0) is 48.5 Å². The Kier molecular flexibility index (Phi) is 4.95. The zero-order chi connectivity index (χ0) is 14.6. The van der Waals surface area contributed by atoms with Gasteiger partial charge < -0.3 is 9.05 Å². The number of phosphoric acid groups is 1. The molecule has 0 atom stereocenters. The summed E-state index contributed by atoms with van der Waals surface area (Å²) in [5.41, 5.74) is 0. The van der Waals surface area contributed by atoms with Crippen molar-refractivity contribution in [1.82, 2.24) is 0 Å². The summed E-state index contributed by atoms with van der Waals surface area (Å²) < 4.78 is 27.7. The van der Waals surface area contributed by atoms with Crippen molar-refractivity contribution in [2.75, 3.05) is 7.11 Å². The van der Waals surface area contributed by atoms with Crippen molar-refractivity contribution < 1.29 is 18.1 Å². The van der Waals surface area contributed by atoms with E-state index in [4.69, 9.17) is 36.8 Å². The molecule has 2 aromatic rings. The lowest BCUT2D eigenvalue weighted by Gasteiger charge is -2.17. The third-order valence-electron chi connectivity index (χ3n) is 2.29. The van der Waals surface area contributed by atoms with Gasteiger partial charge in [-0.1, -0.05) is 23.2 Å². The van der Waals surface area contributed by atoms with E-state index in [0.29, 0.717) is 21.5 Å². The molecule has 0 heterocycles. The van der Waals surface area contributed by atoms with E-state index in [1.807, 2.05) is 0 Å². The molecule has 0 spiro atoms. The Morgan fingerprint density at radius 2 is 1.15 bits per heavy atom. The lowest BCUT2D eigenvalue weighted by atomic mass is 10.3. The minimum atomic E-state index is -3.76. The van der Waals surface area contributed by atoms with Gasteiger partial charge in [0.2, 0.25) is 0 Å². The average Bonchev–Trinajstić information content (AvgIpc) is 2.44. The van der Waals surface area contributed by atoms with E-state index in [2.05, 4.69) is 0 Å². The Morgan fingerprint density at radius 3 is 1.45 bits per heavy atom. The minimum Gasteiger partial charge on any atom is -0.395 e. The predicted molar refractivity (Wildman–Crippen MR) is 78.8 cm³/mol. The first-order valence-corrected chi connectivity index (χ1v) is 7.78. The minimum absolute atomic E-state index is 0.327. The maximum absolute atomic E-state index is 12.4. The second-order valence-corrected chi connectivity index (χ2v) is 6.22. The third-order valence-corrected chi connectivity index (χ3v) is 4.11. The molecule has 0 bridgehead atoms. The van der Waals surface area contributed by atoms with Crippen LogP contribution in [-0.2, 0) is 9.09 Å². The molecule has 0 aliphatic carbocycles. The average molecular weight is 333 g/mol. The molecule has 106 valence electrons. The lowest BCUT2D eigenvalue weighted by Crippen LogP contribution is -2.02. The summed E-state index contributed by atoms with van der Waals surface area (Å²) >= 11 is 11.5. The Hall–Kier alpha value is -1.19. The highest BCUT2D eigenvalue weighted by atomic mass is 35.5. The molecule has 0 unspecified atom stereocenters. The number of benzene rings is 2. The summed E-state index contributed by atoms with van der Waals surface area (Å²) in [4.78, 5) is 0. The van der Waals surface area contributed by atoms with Crippen molar-refractivity contribution in [3.05, 3.63) is 58.6 Å². The molecule has 20 heavy (non-hydrogen) atoms. The molecule has 0 aromatic heterocycles. The summed E-state index contributed by atoms with van der Waals surface area (Å²) in [7, 11) is -2.52. The summed E-state index contributed by atoms with van der Waals surface area (Å²) in [6.45, 7) is 0. The van der Waals surface area contributed by atoms with Crippen LogP contribution in [0.15, 0.2) is 48.5 Å². The van der Waals surface area contributed by atoms with Crippen molar-refractivity contribution in [2.45, 2.75) is 0 Å². The van der Waals surface area contributed by atoms with Crippen LogP contribution in [0.2, 0.25) is 10.0 Å². The normalized spacial score (nSPS) is 11.2. The fourth-order valence-corrected chi connectivity index (χ4v) is 2.54. The number of phosphoric ester groups is 1. The Morgan fingerprint density at radius 1 is 0.800 bits per heavy atom. The van der Waals surface area contributed by atoms with E-state index in [-0.39, 0.29) is 0 Å². The van der Waals surface area contributed by atoms with Crippen LogP contribution in [-0.4, -0.2) is 7.11 Å². The largest absolute Gasteiger partial charge is 0.587 e. The summed E-state index contributed by atoms with van der Waals surface area (Å²) in [6.07, 6.45) is 0. The smallest absolute Gasteiger partial charge is 0.395 e. The standard InChI is InChI=1S/C13H11Cl2O4P/c1-17-20(16,18-12-6-2-10(14)3-7-12)19-13-8-4-11(15)5-9-13/h2-9H,1H3. The zero-order valence-electron chi connectivity index (χ0n) is 10.5. The first-order valence-electron chi connectivity index (χ1n) is 5.57. The SMILES string of the molecule is COP(=O)(Oc1ccc(Cl)cc1)Oc1ccc(Cl)cc1. The maximum Gasteiger partial charge on any atom is 0.587 e. The topological polar surface area (TPSA) is 44.8 Å². The summed E-state index contributed by atoms with van der Waals surface area (Å²) in [5.74, 6) is 0.655. The van der Waals surface area contributed by atoms with E-state index in [9.17, 15) is 4.57 Å². The van der Waals surface area contributed by atoms with E-state index < -0.39 is 7.82 Å². The van der Waals surface area contributed by atoms with Gasteiger partial charge in [0.25, 0.3) is 0 Å². The molecule has 7 heteroatoms. The molecular formula is C13H11Cl2O4P. The van der Waals surface area contributed by atoms with Gasteiger partial charge in [0, 0.05) is 17.2 Å². The highest BCUT2D eigenvalue weighted by molar-refractivity contribution is 7.49. The van der Waals surface area contributed by atoms with Gasteiger partial charge in [0.15, 0.2) is 0 Å². The predicted octanol–water partition coefficient (Wildman–Crippen LogP) is 5.21. The molecule has 0 amide bonds. The first-order chi connectivity index (χ1) is 9.50. The summed E-state index contributed by atoms with van der Waals surface area (Å²) in [5, 5.41) is 1.09. The highest BCUT2D eigenvalue weighted by Crippen LogP contribution is 2.48. The van der Waals surface area contributed by atoms with Crippen LogP contribution >= 0.6 is 31.0 Å². The van der Waals surface area contributed by atoms with Gasteiger partial charge in [-0.15, -0.1) is 0 Å². The molecule has 0 saturated carbocycles. The number of halogens is 2. The van der Waals surface area contributed by atoms with E-state index >= 15 is 0 Å². The molecule has 0 aliphatic heterocycles. The Balaban J connectivity index is 2.14. The molecule has 0 fully saturated rings. The van der Waals surface area contributed by atoms with Crippen LogP contribution in [0, 0.1) is 0 Å². The molecule has 2 rings (SSSR count). The van der Waals surface area contributed by atoms with Crippen LogP contribution in [0.3, 0.4) is 0 Å². The second-order valence-electron chi connectivity index (χ2n) is 3.72. The van der Waals surface area contributed by atoms with E-state index in [1.54, 1.807) is 48.5 Å². The molecular weight excluding hydrogens is 322 g/mol. The van der Waals surface area contributed by atoms with Crippen LogP contribution in [0.25, 0.3) is 0 Å². The van der Waals surface area contributed by atoms with Gasteiger partial charge in [-0.3, -0.25) is 4.52 Å². The molecule has 2 aromatic carbocycles. The first kappa shape index (κ1) is 15.2. The number of rotatable bonds is 5. The monoisotopic (exact) mass is 332 g/mol. The zero-order valence-corrected chi connectivity index (χ0v) is 12.9. The quantitative estimate of drug-likeness (QED) is 0.705. The van der Waals surface area contributed by atoms with Crippen molar-refractivity contribution in [2.24, 2.45) is 0 Å². The lowest BCUT2D eigenvalue weighted by molar-refractivity contribution is 0.250. The number of hydrogen-bond acceptors (Lipinski definition) is 4. The van der Waals surface area contributed by atoms with Crippen molar-refractivity contribution in [1.29, 1.82) is 0 Å². The second kappa shape index (κ2) is 6.51. The van der Waals surface area contributed by atoms with Crippen molar-refractivity contribution in [3.8, 4) is 11.5 Å². The van der Waals surface area contributed by atoms with Crippen LogP contribution in [0.1, 0.15) is 0 Å². The van der Waals surface area contributed by atoms with Crippen LogP contribution in [0.5, 0.6) is 11.5 Å². The van der Waals surface area contributed by atoms with E-state index in [1.165, 1.54) is 7.11 Å². The Bertz CT molecular complexity index is 562. The molecule has 0 N–H and O–H groups in total. The third kappa shape index (κ3) is 4.15. The maximum atomic E-state index is 12.4. The molecule has 4 nitrogen and oxygen atoms in total. The molecule has 0 radical (unpaired) electrons. The van der Waals surface area contributed by atoms with Crippen LogP contribution in [0.4, 0.5) is 0 Å². The molecule has 0 aliphatic rings. The van der Waals surface area contributed by atoms with Gasteiger partial charge in [-0.2, -0.15) is 0 Å².